The summed E-state index contributed by atoms with van der Waals surface area (Å²) in [7, 11) is 0. The molecule has 96 valence electrons. The molecule has 2 nitrogen and oxygen atoms in total. The fourth-order valence-electron chi connectivity index (χ4n) is 1.93. The molecule has 0 aliphatic rings. The Morgan fingerprint density at radius 3 is 2.72 bits per heavy atom. The van der Waals surface area contributed by atoms with Gasteiger partial charge >= 0.3 is 0 Å². The van der Waals surface area contributed by atoms with Crippen LogP contribution in [-0.2, 0) is 6.42 Å². The summed E-state index contributed by atoms with van der Waals surface area (Å²) >= 11 is 1.75. The lowest BCUT2D eigenvalue weighted by Gasteiger charge is -2.12. The molecule has 2 aromatic rings. The van der Waals surface area contributed by atoms with Gasteiger partial charge in [-0.05, 0) is 18.4 Å². The van der Waals surface area contributed by atoms with Gasteiger partial charge in [-0.1, -0.05) is 37.3 Å². The van der Waals surface area contributed by atoms with Gasteiger partial charge in [-0.25, -0.2) is 4.98 Å². The predicted octanol–water partition coefficient (Wildman–Crippen LogP) is 3.39. The minimum atomic E-state index is 0.559. The Hall–Kier alpha value is -1.19. The normalized spacial score (nSPS) is 12.6. The first-order valence-corrected chi connectivity index (χ1v) is 7.30. The van der Waals surface area contributed by atoms with Crippen molar-refractivity contribution in [1.29, 1.82) is 0 Å². The van der Waals surface area contributed by atoms with Crippen molar-refractivity contribution in [2.45, 2.75) is 26.2 Å². The minimum Gasteiger partial charge on any atom is -0.316 e. The molecule has 0 aliphatic heterocycles. The number of rotatable bonds is 6. The number of thiazole rings is 1. The first kappa shape index (κ1) is 13.2. The highest BCUT2D eigenvalue weighted by Gasteiger charge is 2.04. The van der Waals surface area contributed by atoms with E-state index in [-0.39, 0.29) is 0 Å². The molecule has 2 rings (SSSR count). The van der Waals surface area contributed by atoms with Crippen molar-refractivity contribution in [3.63, 3.8) is 0 Å². The topological polar surface area (TPSA) is 24.9 Å². The Kier molecular flexibility index (Phi) is 4.90. The molecule has 0 saturated heterocycles. The molecule has 1 heterocycles. The number of benzene rings is 1. The van der Waals surface area contributed by atoms with Gasteiger partial charge in [-0.15, -0.1) is 11.3 Å². The number of nitrogens with zero attached hydrogens (tertiary/aromatic N) is 1. The molecule has 0 fully saturated rings. The van der Waals surface area contributed by atoms with Crippen LogP contribution < -0.4 is 5.32 Å². The van der Waals surface area contributed by atoms with Crippen LogP contribution in [0.5, 0.6) is 0 Å². The zero-order chi connectivity index (χ0) is 12.8. The van der Waals surface area contributed by atoms with Crippen LogP contribution in [0.1, 0.15) is 29.1 Å². The Balaban J connectivity index is 1.69. The molecule has 1 aromatic heterocycles. The molecule has 1 unspecified atom stereocenters. The van der Waals surface area contributed by atoms with Crippen molar-refractivity contribution < 1.29 is 0 Å². The maximum atomic E-state index is 4.46. The first-order valence-electron chi connectivity index (χ1n) is 6.42. The fourth-order valence-corrected chi connectivity index (χ4v) is 2.71. The summed E-state index contributed by atoms with van der Waals surface area (Å²) in [5.41, 5.74) is 2.53. The maximum absolute atomic E-state index is 4.46. The zero-order valence-corrected chi connectivity index (χ0v) is 11.8. The van der Waals surface area contributed by atoms with E-state index in [0.29, 0.717) is 5.92 Å². The molecule has 1 N–H and O–H groups in total. The number of hydrogen-bond donors (Lipinski definition) is 1. The average Bonchev–Trinajstić information content (AvgIpc) is 2.81. The van der Waals surface area contributed by atoms with E-state index in [1.807, 2.05) is 6.92 Å². The highest BCUT2D eigenvalue weighted by Crippen LogP contribution is 2.13. The van der Waals surface area contributed by atoms with E-state index < -0.39 is 0 Å². The van der Waals surface area contributed by atoms with Crippen LogP contribution in [0.2, 0.25) is 0 Å². The van der Waals surface area contributed by atoms with E-state index in [1.165, 1.54) is 10.6 Å². The van der Waals surface area contributed by atoms with Gasteiger partial charge in [-0.3, -0.25) is 0 Å². The van der Waals surface area contributed by atoms with E-state index in [9.17, 15) is 0 Å². The molecule has 0 spiro atoms. The van der Waals surface area contributed by atoms with Gasteiger partial charge in [0.05, 0.1) is 5.01 Å². The second kappa shape index (κ2) is 6.66. The molecule has 0 radical (unpaired) electrons. The van der Waals surface area contributed by atoms with Crippen LogP contribution in [0.4, 0.5) is 0 Å². The standard InChI is InChI=1S/C15H20N2S/c1-12(14-6-4-3-5-7-14)10-16-9-8-15-17-13(2)11-18-15/h3-7,11-12,16H,8-10H2,1-2H3. The van der Waals surface area contributed by atoms with Gasteiger partial charge in [-0.2, -0.15) is 0 Å². The number of aromatic nitrogens is 1. The monoisotopic (exact) mass is 260 g/mol. The van der Waals surface area contributed by atoms with Gasteiger partial charge in [0.25, 0.3) is 0 Å². The average molecular weight is 260 g/mol. The molecular formula is C15H20N2S. The zero-order valence-electron chi connectivity index (χ0n) is 11.0. The van der Waals surface area contributed by atoms with Crippen LogP contribution in [0.3, 0.4) is 0 Å². The van der Waals surface area contributed by atoms with Crippen LogP contribution in [-0.4, -0.2) is 18.1 Å². The molecule has 0 amide bonds. The van der Waals surface area contributed by atoms with E-state index in [2.05, 4.69) is 52.9 Å². The second-order valence-electron chi connectivity index (χ2n) is 4.65. The summed E-state index contributed by atoms with van der Waals surface area (Å²) in [4.78, 5) is 4.46. The van der Waals surface area contributed by atoms with E-state index in [1.54, 1.807) is 11.3 Å². The lowest BCUT2D eigenvalue weighted by Crippen LogP contribution is -2.22. The number of hydrogen-bond acceptors (Lipinski definition) is 3. The van der Waals surface area contributed by atoms with Crippen molar-refractivity contribution in [3.05, 3.63) is 52.0 Å². The molecule has 0 saturated carbocycles. The quantitative estimate of drug-likeness (QED) is 0.805. The molecular weight excluding hydrogens is 240 g/mol. The summed E-state index contributed by atoms with van der Waals surface area (Å²) in [6.45, 7) is 6.33. The Morgan fingerprint density at radius 1 is 1.28 bits per heavy atom. The Labute approximate surface area is 113 Å². The third-order valence-corrected chi connectivity index (χ3v) is 4.03. The molecule has 1 atom stereocenters. The highest BCUT2D eigenvalue weighted by molar-refractivity contribution is 7.09. The molecule has 0 aliphatic carbocycles. The van der Waals surface area contributed by atoms with Crippen molar-refractivity contribution in [3.8, 4) is 0 Å². The molecule has 1 aromatic carbocycles. The van der Waals surface area contributed by atoms with Crippen LogP contribution in [0.15, 0.2) is 35.7 Å². The molecule has 0 bridgehead atoms. The lowest BCUT2D eigenvalue weighted by atomic mass is 10.0. The Morgan fingerprint density at radius 2 is 2.06 bits per heavy atom. The number of nitrogens with one attached hydrogen (secondary N) is 1. The van der Waals surface area contributed by atoms with Crippen molar-refractivity contribution in [1.82, 2.24) is 10.3 Å². The minimum absolute atomic E-state index is 0.559. The summed E-state index contributed by atoms with van der Waals surface area (Å²) in [5, 5.41) is 6.85. The SMILES string of the molecule is Cc1csc(CCNCC(C)c2ccccc2)n1. The lowest BCUT2D eigenvalue weighted by molar-refractivity contribution is 0.614. The molecule has 3 heteroatoms. The summed E-state index contributed by atoms with van der Waals surface area (Å²) in [6, 6.07) is 10.6. The van der Waals surface area contributed by atoms with Gasteiger partial charge in [0.15, 0.2) is 0 Å². The third kappa shape index (κ3) is 3.93. The first-order chi connectivity index (χ1) is 8.75. The third-order valence-electron chi connectivity index (χ3n) is 3.00. The Bertz CT molecular complexity index is 464. The number of aryl methyl sites for hydroxylation is 1. The maximum Gasteiger partial charge on any atom is 0.0940 e. The van der Waals surface area contributed by atoms with Crippen molar-refractivity contribution >= 4 is 11.3 Å². The largest absolute Gasteiger partial charge is 0.316 e. The van der Waals surface area contributed by atoms with Crippen LogP contribution in [0.25, 0.3) is 0 Å². The van der Waals surface area contributed by atoms with Crippen molar-refractivity contribution in [2.24, 2.45) is 0 Å². The van der Waals surface area contributed by atoms with Crippen LogP contribution in [0, 0.1) is 6.92 Å². The predicted molar refractivity (Wildman–Crippen MR) is 78.3 cm³/mol. The summed E-state index contributed by atoms with van der Waals surface area (Å²) < 4.78 is 0. The van der Waals surface area contributed by atoms with Crippen molar-refractivity contribution in [2.75, 3.05) is 13.1 Å². The molecule has 18 heavy (non-hydrogen) atoms. The summed E-state index contributed by atoms with van der Waals surface area (Å²) in [6.07, 6.45) is 1.03. The highest BCUT2D eigenvalue weighted by atomic mass is 32.1. The van der Waals surface area contributed by atoms with E-state index in [4.69, 9.17) is 0 Å². The fraction of sp³-hybridized carbons (Fsp3) is 0.400. The smallest absolute Gasteiger partial charge is 0.0940 e. The second-order valence-corrected chi connectivity index (χ2v) is 5.59. The van der Waals surface area contributed by atoms with E-state index in [0.717, 1.165) is 25.2 Å². The van der Waals surface area contributed by atoms with Gasteiger partial charge in [0.1, 0.15) is 0 Å². The van der Waals surface area contributed by atoms with Gasteiger partial charge in [0.2, 0.25) is 0 Å². The van der Waals surface area contributed by atoms with Gasteiger partial charge < -0.3 is 5.32 Å². The van der Waals surface area contributed by atoms with Crippen LogP contribution >= 0.6 is 11.3 Å². The van der Waals surface area contributed by atoms with E-state index >= 15 is 0 Å². The summed E-state index contributed by atoms with van der Waals surface area (Å²) in [5.74, 6) is 0.559. The van der Waals surface area contributed by atoms with Gasteiger partial charge in [0, 0.05) is 30.6 Å².